The third kappa shape index (κ3) is 2.00. The number of hydrogen-bond donors (Lipinski definition) is 2. The van der Waals surface area contributed by atoms with Gasteiger partial charge in [0.2, 0.25) is 5.91 Å². The van der Waals surface area contributed by atoms with Crippen molar-refractivity contribution in [1.29, 1.82) is 0 Å². The van der Waals surface area contributed by atoms with Gasteiger partial charge in [-0.3, -0.25) is 9.59 Å². The van der Waals surface area contributed by atoms with E-state index >= 15 is 0 Å². The first-order chi connectivity index (χ1) is 8.65. The molecule has 1 saturated heterocycles. The first-order valence-electron chi connectivity index (χ1n) is 6.76. The zero-order valence-corrected chi connectivity index (χ0v) is 10.3. The Hall–Kier alpha value is -1.10. The Morgan fingerprint density at radius 2 is 1.94 bits per heavy atom. The first kappa shape index (κ1) is 12.0. The van der Waals surface area contributed by atoms with Gasteiger partial charge in [0.05, 0.1) is 19.3 Å². The molecule has 0 radical (unpaired) electrons. The molecule has 3 fully saturated rings. The lowest BCUT2D eigenvalue weighted by Crippen LogP contribution is -2.46. The summed E-state index contributed by atoms with van der Waals surface area (Å²) < 4.78 is 5.16. The Morgan fingerprint density at radius 3 is 2.56 bits per heavy atom. The minimum Gasteiger partial charge on any atom is -0.481 e. The zero-order chi connectivity index (χ0) is 12.7. The first-order valence-corrected chi connectivity index (χ1v) is 6.76. The molecule has 2 saturated carbocycles. The number of carbonyl (C=O) groups is 2. The van der Waals surface area contributed by atoms with Crippen LogP contribution < -0.4 is 5.32 Å². The number of carboxylic acids is 1. The summed E-state index contributed by atoms with van der Waals surface area (Å²) >= 11 is 0. The molecule has 5 atom stereocenters. The molecule has 5 nitrogen and oxygen atoms in total. The minimum atomic E-state index is -0.884. The summed E-state index contributed by atoms with van der Waals surface area (Å²) in [4.78, 5) is 23.2. The second-order valence-electron chi connectivity index (χ2n) is 5.88. The van der Waals surface area contributed by atoms with E-state index in [1.807, 2.05) is 0 Å². The van der Waals surface area contributed by atoms with Crippen LogP contribution >= 0.6 is 0 Å². The van der Waals surface area contributed by atoms with Gasteiger partial charge >= 0.3 is 5.97 Å². The van der Waals surface area contributed by atoms with E-state index in [2.05, 4.69) is 5.32 Å². The highest BCUT2D eigenvalue weighted by Gasteiger charge is 2.44. The van der Waals surface area contributed by atoms with Gasteiger partial charge in [0.25, 0.3) is 0 Å². The monoisotopic (exact) mass is 253 g/mol. The van der Waals surface area contributed by atoms with E-state index in [4.69, 9.17) is 9.84 Å². The Bertz CT molecular complexity index is 370. The van der Waals surface area contributed by atoms with Crippen molar-refractivity contribution in [2.24, 2.45) is 23.7 Å². The van der Waals surface area contributed by atoms with E-state index in [0.717, 1.165) is 18.8 Å². The van der Waals surface area contributed by atoms with Crippen molar-refractivity contribution in [3.63, 3.8) is 0 Å². The molecule has 0 aromatic heterocycles. The van der Waals surface area contributed by atoms with Crippen molar-refractivity contribution in [1.82, 2.24) is 5.32 Å². The van der Waals surface area contributed by atoms with E-state index in [-0.39, 0.29) is 24.5 Å². The number of rotatable bonds is 3. The topological polar surface area (TPSA) is 75.6 Å². The number of hydrogen-bond acceptors (Lipinski definition) is 3. The third-order valence-corrected chi connectivity index (χ3v) is 4.80. The maximum Gasteiger partial charge on any atom is 0.311 e. The molecule has 2 aliphatic carbocycles. The number of carboxylic acid groups (broad SMARTS) is 1. The van der Waals surface area contributed by atoms with E-state index in [9.17, 15) is 9.59 Å². The molecule has 2 N–H and O–H groups in total. The highest BCUT2D eigenvalue weighted by atomic mass is 16.5. The second-order valence-corrected chi connectivity index (χ2v) is 5.88. The van der Waals surface area contributed by atoms with Crippen molar-refractivity contribution < 1.29 is 19.4 Å². The molecule has 1 amide bonds. The molecule has 3 aliphatic rings. The quantitative estimate of drug-likeness (QED) is 0.774. The molecular formula is C13H19NO4. The molecule has 2 bridgehead atoms. The summed E-state index contributed by atoms with van der Waals surface area (Å²) in [6, 6.07) is -0.353. The van der Waals surface area contributed by atoms with Crippen LogP contribution in [0.3, 0.4) is 0 Å². The second kappa shape index (κ2) is 4.53. The van der Waals surface area contributed by atoms with Crippen LogP contribution in [0.5, 0.6) is 0 Å². The molecule has 3 rings (SSSR count). The molecule has 5 unspecified atom stereocenters. The van der Waals surface area contributed by atoms with E-state index < -0.39 is 11.9 Å². The summed E-state index contributed by atoms with van der Waals surface area (Å²) in [5.41, 5.74) is 0. The lowest BCUT2D eigenvalue weighted by molar-refractivity contribution is -0.142. The molecule has 18 heavy (non-hydrogen) atoms. The van der Waals surface area contributed by atoms with Gasteiger partial charge in [-0.2, -0.15) is 0 Å². The van der Waals surface area contributed by atoms with Gasteiger partial charge in [-0.25, -0.2) is 0 Å². The number of amides is 1. The minimum absolute atomic E-state index is 0.0453. The molecule has 0 spiro atoms. The smallest absolute Gasteiger partial charge is 0.311 e. The Kier molecular flexibility index (Phi) is 3.01. The van der Waals surface area contributed by atoms with Crippen LogP contribution in [0.2, 0.25) is 0 Å². The maximum atomic E-state index is 12.2. The summed E-state index contributed by atoms with van der Waals surface area (Å²) in [6.07, 6.45) is 4.59. The average molecular weight is 253 g/mol. The van der Waals surface area contributed by atoms with Gasteiger partial charge < -0.3 is 15.2 Å². The maximum absolute atomic E-state index is 12.2. The normalized spacial score (nSPS) is 42.1. The summed E-state index contributed by atoms with van der Waals surface area (Å²) in [5.74, 6) is -0.0672. The molecular weight excluding hydrogens is 234 g/mol. The fourth-order valence-corrected chi connectivity index (χ4v) is 3.80. The Balaban J connectivity index is 1.59. The van der Waals surface area contributed by atoms with Crippen LogP contribution in [0.25, 0.3) is 0 Å². The van der Waals surface area contributed by atoms with Crippen molar-refractivity contribution in [3.8, 4) is 0 Å². The van der Waals surface area contributed by atoms with Gasteiger partial charge in [-0.15, -0.1) is 0 Å². The summed E-state index contributed by atoms with van der Waals surface area (Å²) in [7, 11) is 0. The molecule has 100 valence electrons. The number of aliphatic carboxylic acids is 1. The molecule has 1 heterocycles. The molecule has 0 aromatic carbocycles. The largest absolute Gasteiger partial charge is 0.481 e. The van der Waals surface area contributed by atoms with Gasteiger partial charge in [0, 0.05) is 5.92 Å². The molecule has 1 aliphatic heterocycles. The summed E-state index contributed by atoms with van der Waals surface area (Å²) in [5, 5.41) is 11.9. The fraction of sp³-hybridized carbons (Fsp3) is 0.846. The number of ether oxygens (including phenoxy) is 1. The lowest BCUT2D eigenvalue weighted by atomic mass is 9.87. The SMILES string of the molecule is O=C(NC1COCC1C(=O)O)C1CC2CCC1C2. The standard InChI is InChI=1S/C13H19NO4/c15-12(9-4-7-1-2-8(9)3-7)14-11-6-18-5-10(11)13(16)17/h7-11H,1-6H2,(H,14,15)(H,16,17). The van der Waals surface area contributed by atoms with Crippen molar-refractivity contribution in [2.75, 3.05) is 13.2 Å². The number of carbonyl (C=O) groups excluding carboxylic acids is 1. The molecule has 5 heteroatoms. The Morgan fingerprint density at radius 1 is 1.11 bits per heavy atom. The average Bonchev–Trinajstić information content (AvgIpc) is 3.03. The predicted octanol–water partition coefficient (Wildman–Crippen LogP) is 0.638. The highest BCUT2D eigenvalue weighted by molar-refractivity contribution is 5.81. The van der Waals surface area contributed by atoms with Gasteiger partial charge in [-0.1, -0.05) is 6.42 Å². The van der Waals surface area contributed by atoms with Crippen molar-refractivity contribution >= 4 is 11.9 Å². The Labute approximate surface area is 106 Å². The highest BCUT2D eigenvalue weighted by Crippen LogP contribution is 2.48. The predicted molar refractivity (Wildman–Crippen MR) is 62.8 cm³/mol. The van der Waals surface area contributed by atoms with Crippen LogP contribution in [0.4, 0.5) is 0 Å². The fourth-order valence-electron chi connectivity index (χ4n) is 3.80. The molecule has 0 aromatic rings. The van der Waals surface area contributed by atoms with E-state index in [1.165, 1.54) is 12.8 Å². The van der Waals surface area contributed by atoms with Crippen molar-refractivity contribution in [3.05, 3.63) is 0 Å². The van der Waals surface area contributed by atoms with Crippen molar-refractivity contribution in [2.45, 2.75) is 31.7 Å². The third-order valence-electron chi connectivity index (χ3n) is 4.80. The van der Waals surface area contributed by atoms with Crippen LogP contribution in [0, 0.1) is 23.7 Å². The van der Waals surface area contributed by atoms with Crippen LogP contribution in [0.1, 0.15) is 25.7 Å². The number of fused-ring (bicyclic) bond motifs is 2. The van der Waals surface area contributed by atoms with Crippen LogP contribution in [-0.2, 0) is 14.3 Å². The van der Waals surface area contributed by atoms with E-state index in [1.54, 1.807) is 0 Å². The summed E-state index contributed by atoms with van der Waals surface area (Å²) in [6.45, 7) is 0.528. The lowest BCUT2D eigenvalue weighted by Gasteiger charge is -2.24. The number of nitrogens with one attached hydrogen (secondary N) is 1. The van der Waals surface area contributed by atoms with Gasteiger partial charge in [0.1, 0.15) is 5.92 Å². The van der Waals surface area contributed by atoms with Crippen LogP contribution in [0.15, 0.2) is 0 Å². The van der Waals surface area contributed by atoms with E-state index in [0.29, 0.717) is 12.5 Å². The zero-order valence-electron chi connectivity index (χ0n) is 10.3. The van der Waals surface area contributed by atoms with Gasteiger partial charge in [-0.05, 0) is 31.1 Å². The van der Waals surface area contributed by atoms with Gasteiger partial charge in [0.15, 0.2) is 0 Å². The van der Waals surface area contributed by atoms with Crippen LogP contribution in [-0.4, -0.2) is 36.2 Å².